The Morgan fingerprint density at radius 3 is 2.62 bits per heavy atom. The molecule has 2 aromatic carbocycles. The van der Waals surface area contributed by atoms with E-state index in [1.807, 2.05) is 42.5 Å². The van der Waals surface area contributed by atoms with Crippen molar-refractivity contribution in [3.8, 4) is 5.75 Å². The molecule has 1 fully saturated rings. The van der Waals surface area contributed by atoms with Gasteiger partial charge in [0.05, 0.1) is 0 Å². The van der Waals surface area contributed by atoms with Gasteiger partial charge in [0, 0.05) is 6.04 Å². The molecule has 1 N–H and O–H groups in total. The van der Waals surface area contributed by atoms with Crippen LogP contribution in [0.15, 0.2) is 42.5 Å². The van der Waals surface area contributed by atoms with E-state index in [0.29, 0.717) is 11.7 Å². The summed E-state index contributed by atoms with van der Waals surface area (Å²) in [6, 6.07) is 13.7. The number of fused-ring (bicyclic) bond motifs is 1. The molecule has 0 radical (unpaired) electrons. The zero-order valence-electron chi connectivity index (χ0n) is 15.1. The molecule has 1 aliphatic rings. The summed E-state index contributed by atoms with van der Waals surface area (Å²) in [5.41, 5.74) is 0. The Bertz CT molecular complexity index is 773. The van der Waals surface area contributed by atoms with Gasteiger partial charge in [-0.1, -0.05) is 50.1 Å². The van der Waals surface area contributed by atoms with E-state index < -0.39 is 5.97 Å². The first-order valence-electron chi connectivity index (χ1n) is 9.18. The van der Waals surface area contributed by atoms with Gasteiger partial charge in [0.2, 0.25) is 0 Å². The SMILES string of the molecule is C[C@@H]1CCCC[C@@H]1NC(=O)COC(=O)COc1ccc2ccccc2c1. The third-order valence-corrected chi connectivity index (χ3v) is 4.90. The Morgan fingerprint density at radius 2 is 1.81 bits per heavy atom. The lowest BCUT2D eigenvalue weighted by molar-refractivity contribution is -0.150. The molecule has 0 bridgehead atoms. The molecule has 0 spiro atoms. The minimum absolute atomic E-state index is 0.184. The number of nitrogens with one attached hydrogen (secondary N) is 1. The van der Waals surface area contributed by atoms with E-state index in [1.165, 1.54) is 6.42 Å². The van der Waals surface area contributed by atoms with Gasteiger partial charge in [-0.2, -0.15) is 0 Å². The molecule has 0 heterocycles. The summed E-state index contributed by atoms with van der Waals surface area (Å²) in [7, 11) is 0. The van der Waals surface area contributed by atoms with Crippen LogP contribution in [0, 0.1) is 5.92 Å². The predicted molar refractivity (Wildman–Crippen MR) is 100.0 cm³/mol. The van der Waals surface area contributed by atoms with E-state index in [4.69, 9.17) is 9.47 Å². The maximum absolute atomic E-state index is 12.0. The molecule has 0 saturated heterocycles. The normalized spacial score (nSPS) is 19.7. The topological polar surface area (TPSA) is 64.6 Å². The summed E-state index contributed by atoms with van der Waals surface area (Å²) in [4.78, 5) is 23.8. The fourth-order valence-corrected chi connectivity index (χ4v) is 3.37. The van der Waals surface area contributed by atoms with Crippen molar-refractivity contribution in [1.82, 2.24) is 5.32 Å². The van der Waals surface area contributed by atoms with Crippen molar-refractivity contribution < 1.29 is 19.1 Å². The van der Waals surface area contributed by atoms with Gasteiger partial charge in [0.1, 0.15) is 5.75 Å². The molecule has 3 rings (SSSR count). The Balaban J connectivity index is 1.41. The first-order valence-corrected chi connectivity index (χ1v) is 9.18. The highest BCUT2D eigenvalue weighted by atomic mass is 16.6. The zero-order valence-corrected chi connectivity index (χ0v) is 15.1. The van der Waals surface area contributed by atoms with Crippen molar-refractivity contribution in [3.05, 3.63) is 42.5 Å². The average Bonchev–Trinajstić information content (AvgIpc) is 2.66. The molecule has 2 atom stereocenters. The molecule has 0 aromatic heterocycles. The Labute approximate surface area is 153 Å². The number of hydrogen-bond acceptors (Lipinski definition) is 4. The maximum Gasteiger partial charge on any atom is 0.344 e. The van der Waals surface area contributed by atoms with E-state index >= 15 is 0 Å². The van der Waals surface area contributed by atoms with Crippen LogP contribution in [0.5, 0.6) is 5.75 Å². The van der Waals surface area contributed by atoms with Crippen molar-refractivity contribution in [2.75, 3.05) is 13.2 Å². The largest absolute Gasteiger partial charge is 0.482 e. The highest BCUT2D eigenvalue weighted by Gasteiger charge is 2.23. The predicted octanol–water partition coefficient (Wildman–Crippen LogP) is 3.46. The Morgan fingerprint density at radius 1 is 1.04 bits per heavy atom. The smallest absolute Gasteiger partial charge is 0.344 e. The molecule has 1 aliphatic carbocycles. The molecule has 0 unspecified atom stereocenters. The van der Waals surface area contributed by atoms with Gasteiger partial charge in [-0.05, 0) is 41.7 Å². The van der Waals surface area contributed by atoms with Crippen molar-refractivity contribution in [1.29, 1.82) is 0 Å². The van der Waals surface area contributed by atoms with Gasteiger partial charge >= 0.3 is 5.97 Å². The molecule has 2 aromatic rings. The monoisotopic (exact) mass is 355 g/mol. The second-order valence-electron chi connectivity index (χ2n) is 6.89. The van der Waals surface area contributed by atoms with E-state index in [2.05, 4.69) is 12.2 Å². The molecular formula is C21H25NO4. The molecule has 138 valence electrons. The molecule has 0 aliphatic heterocycles. The van der Waals surface area contributed by atoms with Crippen LogP contribution in [-0.4, -0.2) is 31.1 Å². The highest BCUT2D eigenvalue weighted by molar-refractivity contribution is 5.84. The third kappa shape index (κ3) is 4.97. The number of benzene rings is 2. The number of ether oxygens (including phenoxy) is 2. The number of esters is 1. The number of hydrogen-bond donors (Lipinski definition) is 1. The summed E-state index contributed by atoms with van der Waals surface area (Å²) < 4.78 is 10.5. The van der Waals surface area contributed by atoms with E-state index in [0.717, 1.165) is 30.0 Å². The lowest BCUT2D eigenvalue weighted by Crippen LogP contribution is -2.43. The van der Waals surface area contributed by atoms with Crippen LogP contribution in [0.1, 0.15) is 32.6 Å². The van der Waals surface area contributed by atoms with Crippen LogP contribution < -0.4 is 10.1 Å². The van der Waals surface area contributed by atoms with Gasteiger partial charge < -0.3 is 14.8 Å². The highest BCUT2D eigenvalue weighted by Crippen LogP contribution is 2.23. The van der Waals surface area contributed by atoms with Crippen molar-refractivity contribution in [2.24, 2.45) is 5.92 Å². The minimum Gasteiger partial charge on any atom is -0.482 e. The van der Waals surface area contributed by atoms with Gasteiger partial charge in [-0.25, -0.2) is 4.79 Å². The minimum atomic E-state index is -0.551. The van der Waals surface area contributed by atoms with Gasteiger partial charge in [-0.3, -0.25) is 4.79 Å². The first-order chi connectivity index (χ1) is 12.6. The van der Waals surface area contributed by atoms with Crippen LogP contribution in [0.2, 0.25) is 0 Å². The zero-order chi connectivity index (χ0) is 18.4. The van der Waals surface area contributed by atoms with Crippen molar-refractivity contribution in [2.45, 2.75) is 38.6 Å². The van der Waals surface area contributed by atoms with Crippen LogP contribution >= 0.6 is 0 Å². The van der Waals surface area contributed by atoms with Crippen molar-refractivity contribution >= 4 is 22.6 Å². The standard InChI is InChI=1S/C21H25NO4/c1-15-6-2-5-9-19(15)22-20(23)13-26-21(24)14-25-18-11-10-16-7-3-4-8-17(16)12-18/h3-4,7-8,10-12,15,19H,2,5-6,9,13-14H2,1H3,(H,22,23)/t15-,19+/m1/s1. The molecule has 26 heavy (non-hydrogen) atoms. The van der Waals surface area contributed by atoms with Crippen LogP contribution in [0.4, 0.5) is 0 Å². The summed E-state index contributed by atoms with van der Waals surface area (Å²) in [6.07, 6.45) is 4.47. The van der Waals surface area contributed by atoms with Crippen molar-refractivity contribution in [3.63, 3.8) is 0 Å². The summed E-state index contributed by atoms with van der Waals surface area (Å²) in [5, 5.41) is 5.11. The lowest BCUT2D eigenvalue weighted by atomic mass is 9.86. The molecular weight excluding hydrogens is 330 g/mol. The molecule has 5 nitrogen and oxygen atoms in total. The van der Waals surface area contributed by atoms with Gasteiger partial charge in [-0.15, -0.1) is 0 Å². The Hall–Kier alpha value is -2.56. The molecule has 1 amide bonds. The number of rotatable bonds is 6. The number of carbonyl (C=O) groups excluding carboxylic acids is 2. The van der Waals surface area contributed by atoms with Crippen LogP contribution in [0.3, 0.4) is 0 Å². The average molecular weight is 355 g/mol. The van der Waals surface area contributed by atoms with Gasteiger partial charge in [0.25, 0.3) is 5.91 Å². The summed E-state index contributed by atoms with van der Waals surface area (Å²) in [5.74, 6) is 0.272. The number of carbonyl (C=O) groups is 2. The second-order valence-corrected chi connectivity index (χ2v) is 6.89. The van der Waals surface area contributed by atoms with Gasteiger partial charge in [0.15, 0.2) is 13.2 Å². The van der Waals surface area contributed by atoms with Crippen LogP contribution in [-0.2, 0) is 14.3 Å². The van der Waals surface area contributed by atoms with E-state index in [1.54, 1.807) is 0 Å². The second kappa shape index (κ2) is 8.70. The first kappa shape index (κ1) is 18.2. The maximum atomic E-state index is 12.0. The Kier molecular flexibility index (Phi) is 6.10. The summed E-state index contributed by atoms with van der Waals surface area (Å²) >= 11 is 0. The summed E-state index contributed by atoms with van der Waals surface area (Å²) in [6.45, 7) is 1.67. The fourth-order valence-electron chi connectivity index (χ4n) is 3.37. The van der Waals surface area contributed by atoms with E-state index in [9.17, 15) is 9.59 Å². The quantitative estimate of drug-likeness (QED) is 0.806. The molecule has 5 heteroatoms. The third-order valence-electron chi connectivity index (χ3n) is 4.90. The van der Waals surface area contributed by atoms with E-state index in [-0.39, 0.29) is 25.2 Å². The van der Waals surface area contributed by atoms with Crippen LogP contribution in [0.25, 0.3) is 10.8 Å². The lowest BCUT2D eigenvalue weighted by Gasteiger charge is -2.29. The fraction of sp³-hybridized carbons (Fsp3) is 0.429. The molecule has 1 saturated carbocycles. The number of amides is 1.